The van der Waals surface area contributed by atoms with E-state index in [9.17, 15) is 9.59 Å². The van der Waals surface area contributed by atoms with E-state index < -0.39 is 5.63 Å². The van der Waals surface area contributed by atoms with Gasteiger partial charge in [-0.25, -0.2) is 4.79 Å². The number of carbonyl (C=O) groups is 1. The number of nitrogens with zero attached hydrogens (tertiary/aromatic N) is 1. The number of ether oxygens (including phenoxy) is 1. The van der Waals surface area contributed by atoms with Crippen LogP contribution in [0.4, 0.5) is 0 Å². The van der Waals surface area contributed by atoms with E-state index in [0.717, 1.165) is 11.9 Å². The van der Waals surface area contributed by atoms with Gasteiger partial charge >= 0.3 is 5.63 Å². The summed E-state index contributed by atoms with van der Waals surface area (Å²) in [5.41, 5.74) is -0.000971. The van der Waals surface area contributed by atoms with Gasteiger partial charge in [-0.1, -0.05) is 13.8 Å². The van der Waals surface area contributed by atoms with E-state index >= 15 is 0 Å². The Kier molecular flexibility index (Phi) is 5.62. The first-order valence-electron chi connectivity index (χ1n) is 7.83. The molecule has 24 heavy (non-hydrogen) atoms. The number of benzene rings is 1. The second-order valence-corrected chi connectivity index (χ2v) is 6.92. The topological polar surface area (TPSA) is 71.8 Å². The highest BCUT2D eigenvalue weighted by Gasteiger charge is 2.19. The summed E-state index contributed by atoms with van der Waals surface area (Å²) in [7, 11) is 4.01. The molecule has 0 fully saturated rings. The predicted molar refractivity (Wildman–Crippen MR) is 93.3 cm³/mol. The van der Waals surface area contributed by atoms with E-state index in [0.29, 0.717) is 17.9 Å². The molecule has 0 spiro atoms. The summed E-state index contributed by atoms with van der Waals surface area (Å²) in [6.45, 7) is 5.55. The number of fused-ring (bicyclic) bond motifs is 1. The fraction of sp³-hybridized carbons (Fsp3) is 0.444. The van der Waals surface area contributed by atoms with Crippen LogP contribution in [0, 0.1) is 5.41 Å². The third-order valence-electron chi connectivity index (χ3n) is 3.47. The lowest BCUT2D eigenvalue weighted by Crippen LogP contribution is -2.41. The number of amides is 1. The second-order valence-electron chi connectivity index (χ2n) is 6.92. The minimum atomic E-state index is -0.416. The van der Waals surface area contributed by atoms with Crippen molar-refractivity contribution in [2.75, 3.05) is 33.8 Å². The molecule has 0 saturated carbocycles. The van der Waals surface area contributed by atoms with Crippen molar-refractivity contribution >= 4 is 16.9 Å². The molecule has 1 amide bonds. The third-order valence-corrected chi connectivity index (χ3v) is 3.47. The van der Waals surface area contributed by atoms with Crippen molar-refractivity contribution in [3.63, 3.8) is 0 Å². The van der Waals surface area contributed by atoms with Crippen LogP contribution in [0.3, 0.4) is 0 Å². The highest BCUT2D eigenvalue weighted by molar-refractivity contribution is 5.79. The summed E-state index contributed by atoms with van der Waals surface area (Å²) in [6.07, 6.45) is 0. The summed E-state index contributed by atoms with van der Waals surface area (Å²) in [5.74, 6) is 0.302. The Labute approximate surface area is 141 Å². The number of rotatable bonds is 7. The lowest BCUT2D eigenvalue weighted by molar-refractivity contribution is -0.123. The van der Waals surface area contributed by atoms with Gasteiger partial charge < -0.3 is 19.4 Å². The molecule has 6 nitrogen and oxygen atoms in total. The molecule has 0 unspecified atom stereocenters. The van der Waals surface area contributed by atoms with Gasteiger partial charge in [-0.05, 0) is 37.7 Å². The van der Waals surface area contributed by atoms with E-state index in [4.69, 9.17) is 9.15 Å². The molecular formula is C18H24N2O4. The van der Waals surface area contributed by atoms with Gasteiger partial charge in [-0.2, -0.15) is 0 Å². The van der Waals surface area contributed by atoms with Gasteiger partial charge in [0, 0.05) is 30.6 Å². The molecule has 0 radical (unpaired) electrons. The van der Waals surface area contributed by atoms with Crippen molar-refractivity contribution < 1.29 is 13.9 Å². The molecule has 2 rings (SSSR count). The molecular weight excluding hydrogens is 308 g/mol. The normalized spacial score (nSPS) is 11.7. The summed E-state index contributed by atoms with van der Waals surface area (Å²) in [4.78, 5) is 25.3. The van der Waals surface area contributed by atoms with Crippen LogP contribution in [-0.2, 0) is 4.79 Å². The Hall–Kier alpha value is -2.34. The lowest BCUT2D eigenvalue weighted by Gasteiger charge is -2.28. The zero-order chi connectivity index (χ0) is 17.7. The maximum Gasteiger partial charge on any atom is 0.336 e. The summed E-state index contributed by atoms with van der Waals surface area (Å²) < 4.78 is 10.6. The van der Waals surface area contributed by atoms with Gasteiger partial charge in [0.25, 0.3) is 5.91 Å². The molecule has 0 aliphatic rings. The van der Waals surface area contributed by atoms with E-state index in [1.54, 1.807) is 24.3 Å². The van der Waals surface area contributed by atoms with Gasteiger partial charge in [0.15, 0.2) is 6.61 Å². The number of hydrogen-bond donors (Lipinski definition) is 1. The molecule has 6 heteroatoms. The molecule has 0 aliphatic carbocycles. The smallest absolute Gasteiger partial charge is 0.336 e. The predicted octanol–water partition coefficient (Wildman–Crippen LogP) is 1.88. The van der Waals surface area contributed by atoms with E-state index in [-0.39, 0.29) is 17.9 Å². The molecule has 1 aromatic carbocycles. The fourth-order valence-corrected chi connectivity index (χ4v) is 2.58. The Bertz CT molecular complexity index is 765. The van der Waals surface area contributed by atoms with Gasteiger partial charge in [0.2, 0.25) is 0 Å². The largest absolute Gasteiger partial charge is 0.484 e. The standard InChI is InChI=1S/C18H24N2O4/c1-18(2,12-20(3)4)11-19-16(21)10-23-14-7-5-13-6-8-17(22)24-15(13)9-14/h5-9H,10-12H2,1-4H3,(H,19,21). The average Bonchev–Trinajstić information content (AvgIpc) is 2.49. The fourth-order valence-electron chi connectivity index (χ4n) is 2.58. The molecule has 130 valence electrons. The summed E-state index contributed by atoms with van der Waals surface area (Å²) >= 11 is 0. The van der Waals surface area contributed by atoms with Crippen LogP contribution in [0.25, 0.3) is 11.0 Å². The SMILES string of the molecule is CN(C)CC(C)(C)CNC(=O)COc1ccc2ccc(=O)oc2c1. The zero-order valence-electron chi connectivity index (χ0n) is 14.6. The van der Waals surface area contributed by atoms with Gasteiger partial charge in [0.05, 0.1) is 0 Å². The Morgan fingerprint density at radius 2 is 1.96 bits per heavy atom. The van der Waals surface area contributed by atoms with Crippen LogP contribution < -0.4 is 15.7 Å². The van der Waals surface area contributed by atoms with Crippen LogP contribution >= 0.6 is 0 Å². The molecule has 0 atom stereocenters. The van der Waals surface area contributed by atoms with Gasteiger partial charge in [-0.15, -0.1) is 0 Å². The van der Waals surface area contributed by atoms with E-state index in [2.05, 4.69) is 24.1 Å². The third kappa shape index (κ3) is 5.38. The van der Waals surface area contributed by atoms with Crippen molar-refractivity contribution in [2.24, 2.45) is 5.41 Å². The first kappa shape index (κ1) is 18.0. The van der Waals surface area contributed by atoms with Crippen LogP contribution in [0.15, 0.2) is 39.5 Å². The van der Waals surface area contributed by atoms with E-state index in [1.807, 2.05) is 14.1 Å². The van der Waals surface area contributed by atoms with Crippen LogP contribution in [0.5, 0.6) is 5.75 Å². The van der Waals surface area contributed by atoms with Crippen molar-refractivity contribution in [3.8, 4) is 5.75 Å². The van der Waals surface area contributed by atoms with Gasteiger partial charge in [0.1, 0.15) is 11.3 Å². The maximum absolute atomic E-state index is 11.9. The highest BCUT2D eigenvalue weighted by Crippen LogP contribution is 2.19. The maximum atomic E-state index is 11.9. The molecule has 2 aromatic rings. The second kappa shape index (κ2) is 7.49. The number of nitrogens with one attached hydrogen (secondary N) is 1. The van der Waals surface area contributed by atoms with Crippen molar-refractivity contribution in [2.45, 2.75) is 13.8 Å². The highest BCUT2D eigenvalue weighted by atomic mass is 16.5. The quantitative estimate of drug-likeness (QED) is 0.784. The molecule has 0 saturated heterocycles. The molecule has 1 heterocycles. The molecule has 0 bridgehead atoms. The minimum absolute atomic E-state index is 0.0223. The van der Waals surface area contributed by atoms with Gasteiger partial charge in [-0.3, -0.25) is 4.79 Å². The summed E-state index contributed by atoms with van der Waals surface area (Å²) in [5, 5.41) is 3.68. The molecule has 0 aliphatic heterocycles. The Morgan fingerprint density at radius 1 is 1.25 bits per heavy atom. The molecule has 1 N–H and O–H groups in total. The van der Waals surface area contributed by atoms with E-state index in [1.165, 1.54) is 6.07 Å². The number of carbonyl (C=O) groups excluding carboxylic acids is 1. The van der Waals surface area contributed by atoms with Crippen molar-refractivity contribution in [3.05, 3.63) is 40.8 Å². The monoisotopic (exact) mass is 332 g/mol. The Balaban J connectivity index is 1.88. The Morgan fingerprint density at radius 3 is 2.67 bits per heavy atom. The zero-order valence-corrected chi connectivity index (χ0v) is 14.6. The van der Waals surface area contributed by atoms with Crippen LogP contribution in [0.2, 0.25) is 0 Å². The van der Waals surface area contributed by atoms with Crippen molar-refractivity contribution in [1.29, 1.82) is 0 Å². The van der Waals surface area contributed by atoms with Crippen molar-refractivity contribution in [1.82, 2.24) is 10.2 Å². The summed E-state index contributed by atoms with van der Waals surface area (Å²) in [6, 6.07) is 8.19. The molecule has 1 aromatic heterocycles. The minimum Gasteiger partial charge on any atom is -0.484 e. The van der Waals surface area contributed by atoms with Crippen LogP contribution in [0.1, 0.15) is 13.8 Å². The number of hydrogen-bond acceptors (Lipinski definition) is 5. The average molecular weight is 332 g/mol. The first-order valence-corrected chi connectivity index (χ1v) is 7.83. The van der Waals surface area contributed by atoms with Crippen LogP contribution in [-0.4, -0.2) is 44.6 Å². The first-order chi connectivity index (χ1) is 11.2. The lowest BCUT2D eigenvalue weighted by atomic mass is 9.93.